The van der Waals surface area contributed by atoms with E-state index in [1.807, 2.05) is 0 Å². The van der Waals surface area contributed by atoms with Crippen molar-refractivity contribution in [3.63, 3.8) is 0 Å². The second-order valence-electron chi connectivity index (χ2n) is 11.3. The molecular weight excluding hydrogens is 577 g/mol. The van der Waals surface area contributed by atoms with Gasteiger partial charge in [0, 0.05) is 23.1 Å². The molecule has 13 nitrogen and oxygen atoms in total. The molecule has 1 fully saturated rings. The lowest BCUT2D eigenvalue weighted by molar-refractivity contribution is -0.0239. The summed E-state index contributed by atoms with van der Waals surface area (Å²) >= 11 is 0. The molecule has 1 aromatic heterocycles. The maximum absolute atomic E-state index is 12.4. The molecule has 1 saturated heterocycles. The largest absolute Gasteiger partial charge is 0.457 e. The number of H-pyrrole nitrogens is 1. The Morgan fingerprint density at radius 1 is 1.05 bits per heavy atom. The first-order chi connectivity index (χ1) is 20.7. The van der Waals surface area contributed by atoms with Crippen molar-refractivity contribution in [2.24, 2.45) is 5.11 Å². The lowest BCUT2D eigenvalue weighted by Gasteiger charge is -2.18. The number of ether oxygens (including phenoxy) is 2. The van der Waals surface area contributed by atoms with E-state index in [0.717, 1.165) is 23.8 Å². The Balaban J connectivity index is 1.58. The highest BCUT2D eigenvalue weighted by atomic mass is 31.2. The summed E-state index contributed by atoms with van der Waals surface area (Å²) in [6, 6.07) is -0.838. The van der Waals surface area contributed by atoms with Gasteiger partial charge in [0.2, 0.25) is 0 Å². The average molecular weight is 628 g/mol. The summed E-state index contributed by atoms with van der Waals surface area (Å²) in [5.74, 6) is 0. The van der Waals surface area contributed by atoms with Gasteiger partial charge in [0.05, 0.1) is 25.4 Å². The fourth-order valence-electron chi connectivity index (χ4n) is 5.14. The summed E-state index contributed by atoms with van der Waals surface area (Å²) in [4.78, 5) is 51.0. The van der Waals surface area contributed by atoms with Crippen LogP contribution in [-0.2, 0) is 18.6 Å². The van der Waals surface area contributed by atoms with E-state index in [4.69, 9.17) is 19.5 Å². The van der Waals surface area contributed by atoms with E-state index in [1.54, 1.807) is 0 Å². The minimum atomic E-state index is -4.78. The highest BCUT2D eigenvalue weighted by molar-refractivity contribution is 7.70. The zero-order valence-electron chi connectivity index (χ0n) is 25.8. The summed E-state index contributed by atoms with van der Waals surface area (Å²) in [6.45, 7) is 3.24. The molecule has 0 amide bonds. The van der Waals surface area contributed by atoms with Gasteiger partial charge < -0.3 is 14.4 Å². The Morgan fingerprint density at radius 3 is 2.12 bits per heavy atom. The molecule has 1 unspecified atom stereocenters. The highest BCUT2D eigenvalue weighted by Crippen LogP contribution is 2.45. The lowest BCUT2D eigenvalue weighted by Crippen LogP contribution is -2.33. The Labute approximate surface area is 253 Å². The van der Waals surface area contributed by atoms with Gasteiger partial charge in [-0.25, -0.2) is 14.2 Å². The van der Waals surface area contributed by atoms with E-state index >= 15 is 0 Å². The Morgan fingerprint density at radius 2 is 1.58 bits per heavy atom. The van der Waals surface area contributed by atoms with Gasteiger partial charge in [-0.1, -0.05) is 108 Å². The van der Waals surface area contributed by atoms with Crippen LogP contribution in [0.1, 0.15) is 128 Å². The number of rotatable bonds is 23. The normalized spacial score (nSPS) is 19.6. The molecule has 2 rings (SSSR count). The van der Waals surface area contributed by atoms with E-state index in [0.29, 0.717) is 6.42 Å². The number of hydrogen-bond donors (Lipinski definition) is 2. The van der Waals surface area contributed by atoms with Gasteiger partial charge in [-0.05, 0) is 18.9 Å². The monoisotopic (exact) mass is 627 g/mol. The lowest BCUT2D eigenvalue weighted by atomic mass is 10.0. The predicted molar refractivity (Wildman–Crippen MR) is 164 cm³/mol. The standard InChI is InChI=1S/C29H50N5O8P/c1-3-4-5-6-7-8-9-10-11-12-13-14-15-16-17-18-19-40-29(37)43(38,39)41-22-25-24(32-33-30)20-26(42-25)34-21-23(2)27(35)31-28(34)36/h21,24-26H,3-20,22H2,1-2H3,(H,38,39)(H,31,35,36)/t24-,25+,26+/m0/s1. The third kappa shape index (κ3) is 13.8. The summed E-state index contributed by atoms with van der Waals surface area (Å²) in [7, 11) is -4.78. The molecular formula is C29H50N5O8P. The first-order valence-electron chi connectivity index (χ1n) is 15.9. The van der Waals surface area contributed by atoms with E-state index in [9.17, 15) is 23.8 Å². The number of hydrogen-bond acceptors (Lipinski definition) is 8. The van der Waals surface area contributed by atoms with Crippen LogP contribution >= 0.6 is 7.60 Å². The topological polar surface area (TPSA) is 186 Å². The van der Waals surface area contributed by atoms with Crippen molar-refractivity contribution in [3.8, 4) is 0 Å². The summed E-state index contributed by atoms with van der Waals surface area (Å²) in [6.07, 6.45) is 18.9. The summed E-state index contributed by atoms with van der Waals surface area (Å²) in [5.41, 5.74) is 6.56. The zero-order chi connectivity index (χ0) is 31.5. The number of aromatic amines is 1. The van der Waals surface area contributed by atoms with Gasteiger partial charge in [-0.2, -0.15) is 0 Å². The minimum Gasteiger partial charge on any atom is -0.457 e. The number of nitrogens with one attached hydrogen (secondary N) is 1. The molecule has 0 aliphatic carbocycles. The quantitative estimate of drug-likeness (QED) is 0.0412. The van der Waals surface area contributed by atoms with Crippen LogP contribution in [0.5, 0.6) is 0 Å². The van der Waals surface area contributed by atoms with Gasteiger partial charge in [0.25, 0.3) is 5.56 Å². The Kier molecular flexibility index (Phi) is 17.5. The van der Waals surface area contributed by atoms with Gasteiger partial charge in [-0.3, -0.25) is 18.9 Å². The molecule has 1 aliphatic rings. The zero-order valence-corrected chi connectivity index (χ0v) is 26.7. The number of azide groups is 1. The molecule has 4 atom stereocenters. The number of carbonyl (C=O) groups excluding carboxylic acids is 1. The molecule has 14 heteroatoms. The maximum atomic E-state index is 12.4. The van der Waals surface area contributed by atoms with E-state index in [2.05, 4.69) is 21.9 Å². The number of unbranched alkanes of at least 4 members (excludes halogenated alkanes) is 15. The fourth-order valence-corrected chi connectivity index (χ4v) is 5.85. The summed E-state index contributed by atoms with van der Waals surface area (Å²) in [5, 5.41) is 3.62. The van der Waals surface area contributed by atoms with Crippen molar-refractivity contribution in [2.75, 3.05) is 13.2 Å². The average Bonchev–Trinajstić information content (AvgIpc) is 3.38. The van der Waals surface area contributed by atoms with Crippen LogP contribution in [0.4, 0.5) is 4.79 Å². The van der Waals surface area contributed by atoms with Crippen molar-refractivity contribution in [3.05, 3.63) is 43.0 Å². The number of carbonyl (C=O) groups is 1. The Bertz CT molecular complexity index is 1180. The van der Waals surface area contributed by atoms with Crippen molar-refractivity contribution >= 4 is 13.3 Å². The third-order valence-corrected chi connectivity index (χ3v) is 8.82. The second kappa shape index (κ2) is 20.5. The molecule has 1 aromatic rings. The van der Waals surface area contributed by atoms with E-state index in [1.165, 1.54) is 90.2 Å². The van der Waals surface area contributed by atoms with Gasteiger partial charge in [0.15, 0.2) is 0 Å². The first-order valence-corrected chi connectivity index (χ1v) is 17.4. The second-order valence-corrected chi connectivity index (χ2v) is 13.0. The minimum absolute atomic E-state index is 0.0169. The predicted octanol–water partition coefficient (Wildman–Crippen LogP) is 7.41. The molecule has 1 aliphatic heterocycles. The van der Waals surface area contributed by atoms with Crippen LogP contribution in [-0.4, -0.2) is 45.5 Å². The van der Waals surface area contributed by atoms with Crippen LogP contribution in [0.3, 0.4) is 0 Å². The van der Waals surface area contributed by atoms with Gasteiger partial charge in [0.1, 0.15) is 6.23 Å². The van der Waals surface area contributed by atoms with Crippen molar-refractivity contribution in [1.29, 1.82) is 0 Å². The van der Waals surface area contributed by atoms with Crippen LogP contribution in [0, 0.1) is 6.92 Å². The first kappa shape index (κ1) is 36.8. The van der Waals surface area contributed by atoms with E-state index in [-0.39, 0.29) is 18.6 Å². The number of nitrogens with zero attached hydrogens (tertiary/aromatic N) is 4. The molecule has 0 bridgehead atoms. The van der Waals surface area contributed by atoms with Crippen LogP contribution in [0.2, 0.25) is 0 Å². The van der Waals surface area contributed by atoms with E-state index < -0.39 is 49.5 Å². The van der Waals surface area contributed by atoms with Gasteiger partial charge >= 0.3 is 19.0 Å². The fraction of sp³-hybridized carbons (Fsp3) is 0.828. The SMILES string of the molecule is CCCCCCCCCCCCCCCCCCOC(=O)P(=O)(O)OC[C@H]1O[C@@H](n2cc(C)c(=O)[nH]c2=O)C[C@@H]1N=[N+]=[N-]. The molecule has 0 spiro atoms. The van der Waals surface area contributed by atoms with Crippen LogP contribution < -0.4 is 11.2 Å². The molecule has 244 valence electrons. The van der Waals surface area contributed by atoms with Crippen LogP contribution in [0.15, 0.2) is 20.9 Å². The molecule has 2 heterocycles. The molecule has 0 radical (unpaired) electrons. The summed E-state index contributed by atoms with van der Waals surface area (Å²) < 4.78 is 29.2. The van der Waals surface area contributed by atoms with Crippen molar-refractivity contribution < 1.29 is 28.3 Å². The van der Waals surface area contributed by atoms with Crippen molar-refractivity contribution in [2.45, 2.75) is 141 Å². The number of aryl methyl sites for hydroxylation is 1. The molecule has 43 heavy (non-hydrogen) atoms. The smallest absolute Gasteiger partial charge is 0.435 e. The van der Waals surface area contributed by atoms with Crippen LogP contribution in [0.25, 0.3) is 10.4 Å². The van der Waals surface area contributed by atoms with Crippen molar-refractivity contribution in [1.82, 2.24) is 9.55 Å². The maximum Gasteiger partial charge on any atom is 0.435 e. The third-order valence-electron chi connectivity index (χ3n) is 7.73. The number of aromatic nitrogens is 2. The van der Waals surface area contributed by atoms with Gasteiger partial charge in [-0.15, -0.1) is 0 Å². The molecule has 0 saturated carbocycles. The molecule has 0 aromatic carbocycles. The highest BCUT2D eigenvalue weighted by Gasteiger charge is 2.40. The Hall–Kier alpha value is -2.43. The molecule has 2 N–H and O–H groups in total.